The summed E-state index contributed by atoms with van der Waals surface area (Å²) >= 11 is -7.82. The van der Waals surface area contributed by atoms with Crippen molar-refractivity contribution in [2.45, 2.75) is 290 Å². The van der Waals surface area contributed by atoms with Gasteiger partial charge in [-0.05, 0) is 0 Å². The first-order valence-corrected chi connectivity index (χ1v) is 37.7. The minimum absolute atomic E-state index is 0.0319. The molecule has 0 spiro atoms. The van der Waals surface area contributed by atoms with Crippen LogP contribution in [-0.2, 0) is 17.1 Å². The Hall–Kier alpha value is 0.497. The molecule has 0 saturated carbocycles. The Labute approximate surface area is 355 Å². The molecule has 0 aliphatic rings. The Morgan fingerprint density at radius 3 is 0.709 bits per heavy atom. The van der Waals surface area contributed by atoms with Gasteiger partial charge < -0.3 is 0 Å². The van der Waals surface area contributed by atoms with Gasteiger partial charge in [-0.1, -0.05) is 65.2 Å². The van der Waals surface area contributed by atoms with Gasteiger partial charge in [0.1, 0.15) is 0 Å². The minimum atomic E-state index is -3.91. The molecule has 0 aliphatic carbocycles. The van der Waals surface area contributed by atoms with Crippen LogP contribution in [0, 0.1) is 0 Å². The predicted octanol–water partition coefficient (Wildman–Crippen LogP) is 17.1. The molecular weight excluding hydrogens is 894 g/mol. The van der Waals surface area contributed by atoms with E-state index in [9.17, 15) is 9.59 Å². The van der Waals surface area contributed by atoms with Gasteiger partial charge in [-0.3, -0.25) is 0 Å². The zero-order valence-corrected chi connectivity index (χ0v) is 44.0. The van der Waals surface area contributed by atoms with Crippen LogP contribution in [0.4, 0.5) is 0 Å². The Bertz CT molecular complexity index is 755. The molecule has 0 radical (unpaired) electrons. The summed E-state index contributed by atoms with van der Waals surface area (Å²) < 4.78 is 24.6. The van der Waals surface area contributed by atoms with Crippen LogP contribution in [0.5, 0.6) is 0 Å². The Kier molecular flexibility index (Phi) is 41.6. The molecule has 328 valence electrons. The zero-order valence-electron chi connectivity index (χ0n) is 38.3. The average molecular weight is 993 g/mol. The number of unbranched alkanes of at least 4 members (excludes halogenated alkanes) is 28. The van der Waals surface area contributed by atoms with E-state index in [1.54, 1.807) is 0 Å². The number of hydrogen-bond donors (Lipinski definition) is 0. The molecule has 0 saturated heterocycles. The summed E-state index contributed by atoms with van der Waals surface area (Å²) in [4.78, 5) is 27.3. The van der Waals surface area contributed by atoms with E-state index in [0.717, 1.165) is 94.8 Å². The maximum atomic E-state index is 13.6. The van der Waals surface area contributed by atoms with Gasteiger partial charge in [-0.25, -0.2) is 0 Å². The van der Waals surface area contributed by atoms with E-state index in [-0.39, 0.29) is 11.9 Å². The normalized spacial score (nSPS) is 12.0. The zero-order chi connectivity index (χ0) is 40.6. The van der Waals surface area contributed by atoms with E-state index < -0.39 is 38.4 Å². The van der Waals surface area contributed by atoms with Crippen LogP contribution in [-0.4, -0.2) is 50.3 Å². The molecule has 0 N–H and O–H groups in total. The van der Waals surface area contributed by atoms with Crippen LogP contribution in [0.2, 0.25) is 17.7 Å². The van der Waals surface area contributed by atoms with Crippen molar-refractivity contribution in [3.8, 4) is 0 Å². The smallest absolute Gasteiger partial charge is 0.0654 e. The Morgan fingerprint density at radius 1 is 0.291 bits per heavy atom. The molecule has 5 nitrogen and oxygen atoms in total. The minimum Gasteiger partial charge on any atom is -0.0654 e. The van der Waals surface area contributed by atoms with Gasteiger partial charge in [0.15, 0.2) is 0 Å². The molecule has 55 heavy (non-hydrogen) atoms. The molecule has 0 aromatic carbocycles. The summed E-state index contributed by atoms with van der Waals surface area (Å²) in [6, 6.07) is 0. The Morgan fingerprint density at radius 2 is 0.491 bits per heavy atom. The molecule has 0 aliphatic heterocycles. The summed E-state index contributed by atoms with van der Waals surface area (Å²) in [7, 11) is 0. The van der Waals surface area contributed by atoms with Crippen molar-refractivity contribution in [3.63, 3.8) is 0 Å². The molecule has 0 heterocycles. The molecule has 0 bridgehead atoms. The molecule has 0 aromatic heterocycles. The van der Waals surface area contributed by atoms with Crippen molar-refractivity contribution in [1.29, 1.82) is 0 Å². The van der Waals surface area contributed by atoms with Crippen LogP contribution in [0.1, 0.15) is 273 Å². The second kappa shape index (κ2) is 41.2. The van der Waals surface area contributed by atoms with Crippen LogP contribution in [0.15, 0.2) is 0 Å². The monoisotopic (exact) mass is 995 g/mol. The summed E-state index contributed by atoms with van der Waals surface area (Å²) in [5.41, 5.74) is 0. The third kappa shape index (κ3) is 34.0. The fourth-order valence-electron chi connectivity index (χ4n) is 7.91. The van der Waals surface area contributed by atoms with Gasteiger partial charge in [-0.2, -0.15) is 0 Å². The van der Waals surface area contributed by atoms with Gasteiger partial charge in [0.25, 0.3) is 0 Å². The van der Waals surface area contributed by atoms with Crippen molar-refractivity contribution in [2.75, 3.05) is 0 Å². The number of carbonyl (C=O) groups excluding carboxylic acids is 2. The van der Waals surface area contributed by atoms with E-state index in [1.165, 1.54) is 141 Å². The first kappa shape index (κ1) is 55.5. The van der Waals surface area contributed by atoms with Crippen LogP contribution < -0.4 is 0 Å². The SMILES string of the molecule is CCCCCCCCCCCCCCCC(=O)[O][Sn]([CH2]CCC)([CH2]CCC)[O][Sn]([CH2]CCC)([CH2]CCC)[O]C(=O)CCCCCCCCCCCCCCC. The molecule has 0 atom stereocenters. The molecule has 0 fully saturated rings. The van der Waals surface area contributed by atoms with E-state index in [4.69, 9.17) is 7.56 Å². The summed E-state index contributed by atoms with van der Waals surface area (Å²) in [6.45, 7) is 13.5. The number of carbonyl (C=O) groups is 2. The van der Waals surface area contributed by atoms with Gasteiger partial charge >= 0.3 is 293 Å². The first-order valence-electron chi connectivity index (χ1n) is 25.0. The summed E-state index contributed by atoms with van der Waals surface area (Å²) in [6.07, 6.45) is 43.1. The fourth-order valence-corrected chi connectivity index (χ4v) is 49.4. The van der Waals surface area contributed by atoms with E-state index in [2.05, 4.69) is 41.5 Å². The van der Waals surface area contributed by atoms with Crippen molar-refractivity contribution in [2.24, 2.45) is 0 Å². The van der Waals surface area contributed by atoms with Crippen LogP contribution in [0.3, 0.4) is 0 Å². The van der Waals surface area contributed by atoms with E-state index >= 15 is 0 Å². The second-order valence-electron chi connectivity index (χ2n) is 17.3. The molecule has 0 aromatic rings. The predicted molar refractivity (Wildman–Crippen MR) is 244 cm³/mol. The van der Waals surface area contributed by atoms with E-state index in [0.29, 0.717) is 12.8 Å². The molecule has 0 amide bonds. The first-order chi connectivity index (χ1) is 26.9. The fraction of sp³-hybridized carbons (Fsp3) is 0.958. The topological polar surface area (TPSA) is 61.8 Å². The standard InChI is InChI=1S/2C16H32O2.4C4H9.O.2Sn/c2*1-2-3-4-5-6-7-8-9-10-11-12-13-14-15-16(17)18;4*1-3-4-2;;;/h2*2-15H2,1H3,(H,17,18);4*1,3-4H2,2H3;;;/q;;;;;;;2*+1/p-2. The van der Waals surface area contributed by atoms with Gasteiger partial charge in [-0.15, -0.1) is 0 Å². The third-order valence-electron chi connectivity index (χ3n) is 11.6. The van der Waals surface area contributed by atoms with Gasteiger partial charge in [0, 0.05) is 0 Å². The average Bonchev–Trinajstić information content (AvgIpc) is 3.18. The Balaban J connectivity index is 5.20. The number of hydrogen-bond acceptors (Lipinski definition) is 5. The van der Waals surface area contributed by atoms with Crippen LogP contribution >= 0.6 is 0 Å². The summed E-state index contributed by atoms with van der Waals surface area (Å²) in [5.74, 6) is -0.0638. The van der Waals surface area contributed by atoms with Gasteiger partial charge in [0.05, 0.1) is 0 Å². The van der Waals surface area contributed by atoms with E-state index in [1.807, 2.05) is 0 Å². The van der Waals surface area contributed by atoms with Crippen LogP contribution in [0.25, 0.3) is 0 Å². The third-order valence-corrected chi connectivity index (χ3v) is 44.1. The molecule has 7 heteroatoms. The van der Waals surface area contributed by atoms with Crippen molar-refractivity contribution in [1.82, 2.24) is 0 Å². The quantitative estimate of drug-likeness (QED) is 0.0450. The molecule has 0 rings (SSSR count). The van der Waals surface area contributed by atoms with Crippen molar-refractivity contribution < 1.29 is 17.1 Å². The maximum absolute atomic E-state index is 13.6. The molecular formula is C48H98O5Sn2. The van der Waals surface area contributed by atoms with Gasteiger partial charge in [0.2, 0.25) is 0 Å². The summed E-state index contributed by atoms with van der Waals surface area (Å²) in [5, 5.41) is 0. The van der Waals surface area contributed by atoms with Crippen molar-refractivity contribution in [3.05, 3.63) is 0 Å². The molecule has 0 unspecified atom stereocenters. The second-order valence-corrected chi connectivity index (χ2v) is 39.0. The number of rotatable bonds is 44. The van der Waals surface area contributed by atoms with Crippen molar-refractivity contribution >= 4 is 50.3 Å².